The van der Waals surface area contributed by atoms with Crippen LogP contribution in [0.5, 0.6) is 0 Å². The lowest BCUT2D eigenvalue weighted by Crippen LogP contribution is -2.41. The van der Waals surface area contributed by atoms with E-state index in [0.29, 0.717) is 6.54 Å². The van der Waals surface area contributed by atoms with Crippen LogP contribution >= 0.6 is 0 Å². The third kappa shape index (κ3) is 4.70. The van der Waals surface area contributed by atoms with Crippen molar-refractivity contribution in [2.45, 2.75) is 26.4 Å². The zero-order valence-electron chi connectivity index (χ0n) is 9.54. The van der Waals surface area contributed by atoms with Gasteiger partial charge >= 0.3 is 6.98 Å². The molecular formula is C11H16BF3N-. The molecule has 0 aromatic heterocycles. The molecule has 0 N–H and O–H groups in total. The molecule has 0 fully saturated rings. The third-order valence-electron chi connectivity index (χ3n) is 2.40. The Morgan fingerprint density at radius 1 is 1.12 bits per heavy atom. The molecule has 0 spiro atoms. The van der Waals surface area contributed by atoms with E-state index >= 15 is 0 Å². The van der Waals surface area contributed by atoms with Crippen molar-refractivity contribution in [2.75, 3.05) is 6.44 Å². The first-order valence-corrected chi connectivity index (χ1v) is 5.37. The Morgan fingerprint density at radius 2 is 1.69 bits per heavy atom. The summed E-state index contributed by atoms with van der Waals surface area (Å²) in [5, 5.41) is 0. The van der Waals surface area contributed by atoms with Crippen LogP contribution in [-0.2, 0) is 6.54 Å². The normalized spacial score (nSPS) is 12.4. The quantitative estimate of drug-likeness (QED) is 0.701. The predicted molar refractivity (Wildman–Crippen MR) is 61.1 cm³/mol. The van der Waals surface area contributed by atoms with Crippen molar-refractivity contribution in [3.05, 3.63) is 35.9 Å². The van der Waals surface area contributed by atoms with E-state index in [4.69, 9.17) is 0 Å². The molecule has 0 saturated carbocycles. The maximum Gasteiger partial charge on any atom is 0.492 e. The average Bonchev–Trinajstić information content (AvgIpc) is 2.16. The summed E-state index contributed by atoms with van der Waals surface area (Å²) >= 11 is 0. The average molecular weight is 230 g/mol. The molecule has 0 unspecified atom stereocenters. The maximum atomic E-state index is 12.4. The topological polar surface area (TPSA) is 3.24 Å². The standard InChI is InChI=1S/C11H16BF3N/c1-10(2)16(9-12(13,14)15)8-11-6-4-3-5-7-11/h3-7,10H,8-9H2,1-2H3/q-1. The lowest BCUT2D eigenvalue weighted by Gasteiger charge is -2.31. The minimum absolute atomic E-state index is 0.108. The molecule has 1 rings (SSSR count). The van der Waals surface area contributed by atoms with Crippen molar-refractivity contribution in [2.24, 2.45) is 0 Å². The highest BCUT2D eigenvalue weighted by molar-refractivity contribution is 6.58. The van der Waals surface area contributed by atoms with E-state index in [2.05, 4.69) is 0 Å². The Balaban J connectivity index is 2.66. The molecule has 16 heavy (non-hydrogen) atoms. The van der Waals surface area contributed by atoms with Gasteiger partial charge in [0.05, 0.1) is 0 Å². The van der Waals surface area contributed by atoms with E-state index in [1.807, 2.05) is 30.3 Å². The second-order valence-corrected chi connectivity index (χ2v) is 4.22. The first-order valence-electron chi connectivity index (χ1n) is 5.37. The van der Waals surface area contributed by atoms with Gasteiger partial charge in [-0.15, -0.1) is 0 Å². The lowest BCUT2D eigenvalue weighted by atomic mass is 9.90. The van der Waals surface area contributed by atoms with E-state index in [1.54, 1.807) is 13.8 Å². The summed E-state index contributed by atoms with van der Waals surface area (Å²) in [5.74, 6) is 0. The predicted octanol–water partition coefficient (Wildman–Crippen LogP) is 3.28. The number of benzene rings is 1. The van der Waals surface area contributed by atoms with Crippen LogP contribution in [0, 0.1) is 0 Å². The highest BCUT2D eigenvalue weighted by Crippen LogP contribution is 2.15. The van der Waals surface area contributed by atoms with Crippen LogP contribution in [0.4, 0.5) is 12.9 Å². The minimum atomic E-state index is -4.76. The van der Waals surface area contributed by atoms with Crippen molar-refractivity contribution in [1.29, 1.82) is 0 Å². The van der Waals surface area contributed by atoms with Crippen molar-refractivity contribution in [3.63, 3.8) is 0 Å². The number of hydrogen-bond donors (Lipinski definition) is 0. The lowest BCUT2D eigenvalue weighted by molar-refractivity contribution is 0.222. The molecule has 0 heterocycles. The van der Waals surface area contributed by atoms with E-state index < -0.39 is 13.4 Å². The Hall–Kier alpha value is -0.965. The SMILES string of the molecule is CC(C)N(Cc1ccccc1)C[B-](F)(F)F. The van der Waals surface area contributed by atoms with Gasteiger partial charge in [-0.05, 0) is 25.9 Å². The summed E-state index contributed by atoms with van der Waals surface area (Å²) in [5.41, 5.74) is 0.913. The summed E-state index contributed by atoms with van der Waals surface area (Å²) < 4.78 is 37.2. The van der Waals surface area contributed by atoms with Gasteiger partial charge in [-0.2, -0.15) is 0 Å². The second kappa shape index (κ2) is 5.39. The highest BCUT2D eigenvalue weighted by Gasteiger charge is 2.27. The van der Waals surface area contributed by atoms with Gasteiger partial charge in [-0.3, -0.25) is 0 Å². The molecule has 0 saturated heterocycles. The molecule has 1 aromatic carbocycles. The Morgan fingerprint density at radius 3 is 2.12 bits per heavy atom. The van der Waals surface area contributed by atoms with Gasteiger partial charge in [0.2, 0.25) is 0 Å². The van der Waals surface area contributed by atoms with Crippen LogP contribution in [0.15, 0.2) is 30.3 Å². The van der Waals surface area contributed by atoms with E-state index in [9.17, 15) is 12.9 Å². The summed E-state index contributed by atoms with van der Waals surface area (Å²) in [6.45, 7) is -0.845. The molecule has 0 aliphatic heterocycles. The summed E-state index contributed by atoms with van der Waals surface area (Å²) in [7, 11) is 0. The Labute approximate surface area is 94.3 Å². The van der Waals surface area contributed by atoms with Crippen molar-refractivity contribution < 1.29 is 12.9 Å². The monoisotopic (exact) mass is 230 g/mol. The molecule has 0 amide bonds. The fourth-order valence-electron chi connectivity index (χ4n) is 1.54. The van der Waals surface area contributed by atoms with E-state index in [0.717, 1.165) is 5.56 Å². The molecule has 1 nitrogen and oxygen atoms in total. The minimum Gasteiger partial charge on any atom is -0.448 e. The zero-order chi connectivity index (χ0) is 12.2. The van der Waals surface area contributed by atoms with Gasteiger partial charge in [0, 0.05) is 12.6 Å². The van der Waals surface area contributed by atoms with Crippen LogP contribution in [-0.4, -0.2) is 24.4 Å². The molecule has 0 radical (unpaired) electrons. The first-order chi connectivity index (χ1) is 7.38. The van der Waals surface area contributed by atoms with Crippen LogP contribution in [0.25, 0.3) is 0 Å². The van der Waals surface area contributed by atoms with Gasteiger partial charge in [0.15, 0.2) is 0 Å². The summed E-state index contributed by atoms with van der Waals surface area (Å²) in [4.78, 5) is 1.44. The number of nitrogens with zero attached hydrogens (tertiary/aromatic N) is 1. The fraction of sp³-hybridized carbons (Fsp3) is 0.455. The molecule has 0 atom stereocenters. The maximum absolute atomic E-state index is 12.4. The van der Waals surface area contributed by atoms with Gasteiger partial charge in [0.1, 0.15) is 0 Å². The van der Waals surface area contributed by atoms with Gasteiger partial charge in [-0.25, -0.2) is 0 Å². The largest absolute Gasteiger partial charge is 0.492 e. The molecular weight excluding hydrogens is 214 g/mol. The molecule has 0 aliphatic carbocycles. The van der Waals surface area contributed by atoms with Gasteiger partial charge in [-0.1, -0.05) is 30.3 Å². The van der Waals surface area contributed by atoms with Gasteiger partial charge < -0.3 is 17.8 Å². The van der Waals surface area contributed by atoms with Crippen molar-refractivity contribution in [3.8, 4) is 0 Å². The van der Waals surface area contributed by atoms with E-state index in [1.165, 1.54) is 4.90 Å². The number of hydrogen-bond acceptors (Lipinski definition) is 1. The van der Waals surface area contributed by atoms with Crippen molar-refractivity contribution >= 4 is 6.98 Å². The molecule has 1 aromatic rings. The Kier molecular flexibility index (Phi) is 4.41. The Bertz CT molecular complexity index is 311. The van der Waals surface area contributed by atoms with Gasteiger partial charge in [0.25, 0.3) is 0 Å². The number of halogens is 3. The van der Waals surface area contributed by atoms with Crippen LogP contribution in [0.1, 0.15) is 19.4 Å². The molecule has 0 bridgehead atoms. The van der Waals surface area contributed by atoms with Crippen LogP contribution in [0.3, 0.4) is 0 Å². The van der Waals surface area contributed by atoms with Crippen LogP contribution < -0.4 is 0 Å². The molecule has 90 valence electrons. The summed E-state index contributed by atoms with van der Waals surface area (Å²) in [6, 6.07) is 9.12. The smallest absolute Gasteiger partial charge is 0.448 e. The van der Waals surface area contributed by atoms with Crippen molar-refractivity contribution in [1.82, 2.24) is 4.90 Å². The second-order valence-electron chi connectivity index (χ2n) is 4.22. The zero-order valence-corrected chi connectivity index (χ0v) is 9.54. The molecule has 0 aliphatic rings. The third-order valence-corrected chi connectivity index (χ3v) is 2.40. The van der Waals surface area contributed by atoms with E-state index in [-0.39, 0.29) is 6.04 Å². The van der Waals surface area contributed by atoms with Crippen LogP contribution in [0.2, 0.25) is 0 Å². The summed E-state index contributed by atoms with van der Waals surface area (Å²) in [6.07, 6.45) is -0.799. The molecule has 5 heteroatoms. The highest BCUT2D eigenvalue weighted by atomic mass is 19.4. The first kappa shape index (κ1) is 13.1. The fourth-order valence-corrected chi connectivity index (χ4v) is 1.54. The number of rotatable bonds is 5.